The van der Waals surface area contributed by atoms with Crippen molar-refractivity contribution in [2.24, 2.45) is 0 Å². The fourth-order valence-electron chi connectivity index (χ4n) is 2.17. The second-order valence-corrected chi connectivity index (χ2v) is 5.38. The highest BCUT2D eigenvalue weighted by atomic mass is 16.5. The van der Waals surface area contributed by atoms with E-state index in [1.165, 1.54) is 11.1 Å². The topological polar surface area (TPSA) is 24.5 Å². The van der Waals surface area contributed by atoms with Crippen molar-refractivity contribution in [3.8, 4) is 0 Å². The molecule has 0 saturated carbocycles. The Morgan fingerprint density at radius 1 is 1.26 bits per heavy atom. The summed E-state index contributed by atoms with van der Waals surface area (Å²) in [6, 6.07) is 8.93. The van der Waals surface area contributed by atoms with Crippen LogP contribution in [0.2, 0.25) is 0 Å². The molecule has 0 aliphatic heterocycles. The molecule has 0 saturated heterocycles. The van der Waals surface area contributed by atoms with Crippen LogP contribution >= 0.6 is 0 Å². The number of hydrogen-bond donors (Lipinski definition) is 1. The third-order valence-corrected chi connectivity index (χ3v) is 3.33. The van der Waals surface area contributed by atoms with Crippen LogP contribution in [0, 0.1) is 6.92 Å². The average molecular weight is 264 g/mol. The Morgan fingerprint density at radius 3 is 2.53 bits per heavy atom. The molecule has 0 heterocycles. The van der Waals surface area contributed by atoms with Gasteiger partial charge in [-0.1, -0.05) is 24.3 Å². The zero-order valence-electron chi connectivity index (χ0n) is 12.9. The van der Waals surface area contributed by atoms with Crippen molar-refractivity contribution < 1.29 is 4.74 Å². The van der Waals surface area contributed by atoms with E-state index in [9.17, 15) is 0 Å². The molecule has 1 aromatic rings. The van der Waals surface area contributed by atoms with Gasteiger partial charge in [0.1, 0.15) is 0 Å². The van der Waals surface area contributed by atoms with Gasteiger partial charge in [0.2, 0.25) is 0 Å². The van der Waals surface area contributed by atoms with Crippen molar-refractivity contribution in [1.29, 1.82) is 0 Å². The molecule has 1 N–H and O–H groups in total. The van der Waals surface area contributed by atoms with Crippen molar-refractivity contribution >= 4 is 0 Å². The molecule has 0 radical (unpaired) electrons. The first-order valence-electron chi connectivity index (χ1n) is 7.07. The SMILES string of the molecule is CNC(CN(C)CCOC(C)C)c1ccccc1C. The average Bonchev–Trinajstić information content (AvgIpc) is 2.36. The van der Waals surface area contributed by atoms with Gasteiger partial charge in [-0.2, -0.15) is 0 Å². The molecule has 1 aromatic carbocycles. The summed E-state index contributed by atoms with van der Waals surface area (Å²) in [4.78, 5) is 2.32. The number of likely N-dealkylation sites (N-methyl/N-ethyl adjacent to an activating group) is 2. The molecule has 0 bridgehead atoms. The minimum atomic E-state index is 0.310. The maximum Gasteiger partial charge on any atom is 0.0596 e. The molecule has 1 rings (SSSR count). The summed E-state index contributed by atoms with van der Waals surface area (Å²) in [5.41, 5.74) is 2.72. The van der Waals surface area contributed by atoms with E-state index in [0.717, 1.165) is 19.7 Å². The Balaban J connectivity index is 2.50. The predicted octanol–water partition coefficient (Wildman–Crippen LogP) is 2.61. The molecule has 0 fully saturated rings. The predicted molar refractivity (Wildman–Crippen MR) is 81.6 cm³/mol. The van der Waals surface area contributed by atoms with Crippen LogP contribution < -0.4 is 5.32 Å². The number of aryl methyl sites for hydroxylation is 1. The minimum absolute atomic E-state index is 0.310. The molecule has 0 aliphatic rings. The molecule has 0 spiro atoms. The third kappa shape index (κ3) is 5.72. The van der Waals surface area contributed by atoms with E-state index < -0.39 is 0 Å². The summed E-state index contributed by atoms with van der Waals surface area (Å²) in [6.07, 6.45) is 0.310. The Kier molecular flexibility index (Phi) is 7.06. The molecule has 108 valence electrons. The Bertz CT molecular complexity index is 366. The molecule has 0 amide bonds. The molecule has 0 aliphatic carbocycles. The van der Waals surface area contributed by atoms with Gasteiger partial charge in [0, 0.05) is 19.1 Å². The lowest BCUT2D eigenvalue weighted by molar-refractivity contribution is 0.0624. The lowest BCUT2D eigenvalue weighted by Crippen LogP contribution is -2.34. The zero-order chi connectivity index (χ0) is 14.3. The van der Waals surface area contributed by atoms with Gasteiger partial charge in [-0.25, -0.2) is 0 Å². The van der Waals surface area contributed by atoms with Gasteiger partial charge in [-0.3, -0.25) is 0 Å². The van der Waals surface area contributed by atoms with Crippen LogP contribution in [0.4, 0.5) is 0 Å². The molecule has 1 unspecified atom stereocenters. The van der Waals surface area contributed by atoms with Crippen LogP contribution in [0.3, 0.4) is 0 Å². The van der Waals surface area contributed by atoms with E-state index in [1.54, 1.807) is 0 Å². The molecule has 19 heavy (non-hydrogen) atoms. The van der Waals surface area contributed by atoms with Crippen molar-refractivity contribution in [3.63, 3.8) is 0 Å². The highest BCUT2D eigenvalue weighted by Crippen LogP contribution is 2.17. The maximum atomic E-state index is 5.60. The van der Waals surface area contributed by atoms with Crippen molar-refractivity contribution in [2.75, 3.05) is 33.8 Å². The molecule has 1 atom stereocenters. The van der Waals surface area contributed by atoms with Crippen LogP contribution in [0.5, 0.6) is 0 Å². The smallest absolute Gasteiger partial charge is 0.0596 e. The first kappa shape index (κ1) is 16.2. The molecule has 3 heteroatoms. The first-order valence-corrected chi connectivity index (χ1v) is 7.07. The first-order chi connectivity index (χ1) is 9.04. The summed E-state index contributed by atoms with van der Waals surface area (Å²) >= 11 is 0. The van der Waals surface area contributed by atoms with Gasteiger partial charge in [0.15, 0.2) is 0 Å². The largest absolute Gasteiger partial charge is 0.377 e. The monoisotopic (exact) mass is 264 g/mol. The lowest BCUT2D eigenvalue weighted by atomic mass is 10.0. The van der Waals surface area contributed by atoms with Crippen LogP contribution in [-0.2, 0) is 4.74 Å². The minimum Gasteiger partial charge on any atom is -0.377 e. The van der Waals surface area contributed by atoms with Crippen LogP contribution in [-0.4, -0.2) is 44.8 Å². The van der Waals surface area contributed by atoms with Gasteiger partial charge in [-0.05, 0) is 46.0 Å². The Labute approximate surface area is 118 Å². The highest BCUT2D eigenvalue weighted by Gasteiger charge is 2.13. The number of nitrogens with one attached hydrogen (secondary N) is 1. The maximum absolute atomic E-state index is 5.60. The Hall–Kier alpha value is -0.900. The van der Waals surface area contributed by atoms with Crippen LogP contribution in [0.1, 0.15) is 31.0 Å². The van der Waals surface area contributed by atoms with E-state index in [2.05, 4.69) is 62.3 Å². The summed E-state index contributed by atoms with van der Waals surface area (Å²) in [5, 5.41) is 3.41. The number of rotatable bonds is 8. The van der Waals surface area contributed by atoms with Crippen molar-refractivity contribution in [3.05, 3.63) is 35.4 Å². The number of nitrogens with zero attached hydrogens (tertiary/aromatic N) is 1. The second-order valence-electron chi connectivity index (χ2n) is 5.38. The quantitative estimate of drug-likeness (QED) is 0.781. The van der Waals surface area contributed by atoms with E-state index >= 15 is 0 Å². The summed E-state index contributed by atoms with van der Waals surface area (Å²) in [5.74, 6) is 0. The van der Waals surface area contributed by atoms with Gasteiger partial charge < -0.3 is 15.0 Å². The van der Waals surface area contributed by atoms with Gasteiger partial charge >= 0.3 is 0 Å². The molecule has 3 nitrogen and oxygen atoms in total. The van der Waals surface area contributed by atoms with Crippen molar-refractivity contribution in [1.82, 2.24) is 10.2 Å². The number of hydrogen-bond acceptors (Lipinski definition) is 3. The normalized spacial score (nSPS) is 13.2. The van der Waals surface area contributed by atoms with Gasteiger partial charge in [0.05, 0.1) is 12.7 Å². The molecular weight excluding hydrogens is 236 g/mol. The third-order valence-electron chi connectivity index (χ3n) is 3.33. The van der Waals surface area contributed by atoms with Crippen LogP contribution in [0.15, 0.2) is 24.3 Å². The number of ether oxygens (including phenoxy) is 1. The fourth-order valence-corrected chi connectivity index (χ4v) is 2.17. The Morgan fingerprint density at radius 2 is 1.95 bits per heavy atom. The summed E-state index contributed by atoms with van der Waals surface area (Å²) in [6.45, 7) is 9.05. The molecular formula is C16H28N2O. The van der Waals surface area contributed by atoms with E-state index in [1.807, 2.05) is 7.05 Å². The summed E-state index contributed by atoms with van der Waals surface area (Å²) < 4.78 is 5.60. The fraction of sp³-hybridized carbons (Fsp3) is 0.625. The standard InChI is InChI=1S/C16H28N2O/c1-13(2)19-11-10-18(5)12-16(17-4)15-9-7-6-8-14(15)3/h6-9,13,16-17H,10-12H2,1-5H3. The van der Waals surface area contributed by atoms with Crippen LogP contribution in [0.25, 0.3) is 0 Å². The molecule has 0 aromatic heterocycles. The van der Waals surface area contributed by atoms with E-state index in [-0.39, 0.29) is 0 Å². The van der Waals surface area contributed by atoms with E-state index in [4.69, 9.17) is 4.74 Å². The highest BCUT2D eigenvalue weighted by molar-refractivity contribution is 5.28. The van der Waals surface area contributed by atoms with Gasteiger partial charge in [0.25, 0.3) is 0 Å². The van der Waals surface area contributed by atoms with E-state index in [0.29, 0.717) is 12.1 Å². The second kappa shape index (κ2) is 8.31. The number of benzene rings is 1. The lowest BCUT2D eigenvalue weighted by Gasteiger charge is -2.25. The zero-order valence-corrected chi connectivity index (χ0v) is 12.9. The van der Waals surface area contributed by atoms with Gasteiger partial charge in [-0.15, -0.1) is 0 Å². The van der Waals surface area contributed by atoms with Crippen molar-refractivity contribution in [2.45, 2.75) is 32.9 Å². The summed E-state index contributed by atoms with van der Waals surface area (Å²) in [7, 11) is 4.17.